The van der Waals surface area contributed by atoms with E-state index in [9.17, 15) is 9.59 Å². The molecule has 0 spiro atoms. The molecule has 2 aromatic carbocycles. The normalized spacial score (nSPS) is 15.9. The van der Waals surface area contributed by atoms with Crippen molar-refractivity contribution in [3.63, 3.8) is 0 Å². The second-order valence-corrected chi connectivity index (χ2v) is 11.1. The summed E-state index contributed by atoms with van der Waals surface area (Å²) in [6.45, 7) is 11.2. The van der Waals surface area contributed by atoms with E-state index in [1.807, 2.05) is 59.7 Å². The summed E-state index contributed by atoms with van der Waals surface area (Å²) >= 11 is 0. The molecule has 0 saturated heterocycles. The molecule has 1 atom stereocenters. The lowest BCUT2D eigenvalue weighted by Gasteiger charge is -2.28. The number of ether oxygens (including phenoxy) is 2. The van der Waals surface area contributed by atoms with Crippen molar-refractivity contribution in [1.82, 2.24) is 5.32 Å². The zero-order chi connectivity index (χ0) is 24.3. The Hall–Kier alpha value is -2.82. The van der Waals surface area contributed by atoms with Crippen LogP contribution in [-0.2, 0) is 20.7 Å². The molecule has 5 heteroatoms. The summed E-state index contributed by atoms with van der Waals surface area (Å²) < 4.78 is 11.2. The summed E-state index contributed by atoms with van der Waals surface area (Å²) in [6.07, 6.45) is 2.23. The molecule has 1 amide bonds. The van der Waals surface area contributed by atoms with Gasteiger partial charge in [0.2, 0.25) is 0 Å². The van der Waals surface area contributed by atoms with Crippen molar-refractivity contribution >= 4 is 12.1 Å². The molecule has 5 nitrogen and oxygen atoms in total. The van der Waals surface area contributed by atoms with Gasteiger partial charge in [0.1, 0.15) is 11.2 Å². The third-order valence-electron chi connectivity index (χ3n) is 5.59. The highest BCUT2D eigenvalue weighted by Crippen LogP contribution is 2.51. The lowest BCUT2D eigenvalue weighted by atomic mass is 9.92. The number of hydrogen-bond acceptors (Lipinski definition) is 4. The summed E-state index contributed by atoms with van der Waals surface area (Å²) in [4.78, 5) is 25.4. The predicted molar refractivity (Wildman–Crippen MR) is 131 cm³/mol. The van der Waals surface area contributed by atoms with Gasteiger partial charge in [-0.3, -0.25) is 4.79 Å². The fourth-order valence-corrected chi connectivity index (χ4v) is 3.90. The van der Waals surface area contributed by atoms with Crippen molar-refractivity contribution in [3.8, 4) is 11.1 Å². The minimum Gasteiger partial charge on any atom is -0.460 e. The fraction of sp³-hybridized carbons (Fsp3) is 0.500. The molecule has 0 unspecified atom stereocenters. The summed E-state index contributed by atoms with van der Waals surface area (Å²) in [7, 11) is 0. The first kappa shape index (κ1) is 24.8. The number of esters is 1. The summed E-state index contributed by atoms with van der Waals surface area (Å²) in [6, 6.07) is 18.3. The molecule has 0 aliphatic heterocycles. The quantitative estimate of drug-likeness (QED) is 0.502. The largest absolute Gasteiger partial charge is 0.460 e. The van der Waals surface area contributed by atoms with Gasteiger partial charge >= 0.3 is 12.1 Å². The topological polar surface area (TPSA) is 64.6 Å². The Balaban J connectivity index is 1.74. The van der Waals surface area contributed by atoms with Gasteiger partial charge in [-0.1, -0.05) is 54.6 Å². The van der Waals surface area contributed by atoms with E-state index in [0.717, 1.165) is 29.5 Å². The maximum Gasteiger partial charge on any atom is 0.407 e. The second kappa shape index (κ2) is 9.58. The van der Waals surface area contributed by atoms with E-state index in [2.05, 4.69) is 41.7 Å². The predicted octanol–water partition coefficient (Wildman–Crippen LogP) is 6.30. The number of amides is 1. The monoisotopic (exact) mass is 451 g/mol. The summed E-state index contributed by atoms with van der Waals surface area (Å²) in [5.74, 6) is -0.176. The molecular weight excluding hydrogens is 414 g/mol. The molecule has 1 fully saturated rings. The van der Waals surface area contributed by atoms with Gasteiger partial charge in [0.05, 0.1) is 5.41 Å². The summed E-state index contributed by atoms with van der Waals surface area (Å²) in [5.41, 5.74) is 1.74. The zero-order valence-corrected chi connectivity index (χ0v) is 20.7. The Bertz CT molecular complexity index is 948. The number of benzene rings is 2. The van der Waals surface area contributed by atoms with E-state index in [0.29, 0.717) is 12.8 Å². The van der Waals surface area contributed by atoms with Crippen LogP contribution in [0.1, 0.15) is 66.4 Å². The van der Waals surface area contributed by atoms with Gasteiger partial charge in [0, 0.05) is 6.04 Å². The Labute approximate surface area is 197 Å². The molecule has 178 valence electrons. The third kappa shape index (κ3) is 7.62. The number of nitrogens with one attached hydrogen (secondary N) is 1. The molecule has 0 radical (unpaired) electrons. The second-order valence-electron chi connectivity index (χ2n) is 11.1. The van der Waals surface area contributed by atoms with Crippen LogP contribution in [0.5, 0.6) is 0 Å². The van der Waals surface area contributed by atoms with Crippen LogP contribution in [0.2, 0.25) is 0 Å². The third-order valence-corrected chi connectivity index (χ3v) is 5.59. The molecule has 1 N–H and O–H groups in total. The van der Waals surface area contributed by atoms with E-state index in [-0.39, 0.29) is 12.0 Å². The molecule has 1 aliphatic carbocycles. The van der Waals surface area contributed by atoms with Crippen molar-refractivity contribution in [3.05, 3.63) is 60.2 Å². The highest BCUT2D eigenvalue weighted by molar-refractivity contribution is 5.80. The lowest BCUT2D eigenvalue weighted by molar-refractivity contribution is -0.162. The average molecular weight is 452 g/mol. The van der Waals surface area contributed by atoms with Gasteiger partial charge in [-0.25, -0.2) is 4.79 Å². The van der Waals surface area contributed by atoms with Gasteiger partial charge in [-0.05, 0) is 83.9 Å². The zero-order valence-electron chi connectivity index (χ0n) is 20.7. The first-order chi connectivity index (χ1) is 15.4. The molecule has 0 bridgehead atoms. The Morgan fingerprint density at radius 2 is 1.39 bits per heavy atom. The van der Waals surface area contributed by atoms with Crippen LogP contribution in [-0.4, -0.2) is 29.3 Å². The summed E-state index contributed by atoms with van der Waals surface area (Å²) in [5, 5.41) is 3.01. The van der Waals surface area contributed by atoms with Crippen molar-refractivity contribution in [2.75, 3.05) is 0 Å². The molecule has 1 saturated carbocycles. The van der Waals surface area contributed by atoms with Crippen LogP contribution in [0, 0.1) is 5.41 Å². The lowest BCUT2D eigenvalue weighted by Crippen LogP contribution is -2.43. The van der Waals surface area contributed by atoms with E-state index in [1.165, 1.54) is 0 Å². The molecule has 0 heterocycles. The number of carbonyl (C=O) groups excluding carboxylic acids is 2. The van der Waals surface area contributed by atoms with Crippen molar-refractivity contribution in [2.24, 2.45) is 5.41 Å². The Morgan fingerprint density at radius 1 is 0.848 bits per heavy atom. The van der Waals surface area contributed by atoms with E-state index < -0.39 is 22.7 Å². The van der Waals surface area contributed by atoms with Gasteiger partial charge < -0.3 is 14.8 Å². The van der Waals surface area contributed by atoms with Crippen molar-refractivity contribution in [1.29, 1.82) is 0 Å². The first-order valence-corrected chi connectivity index (χ1v) is 11.7. The molecule has 1 aliphatic rings. The van der Waals surface area contributed by atoms with Crippen LogP contribution in [0.25, 0.3) is 11.1 Å². The molecule has 0 aromatic heterocycles. The molecule has 3 rings (SSSR count). The molecular formula is C28H37NO4. The van der Waals surface area contributed by atoms with E-state index in [1.54, 1.807) is 0 Å². The highest BCUT2D eigenvalue weighted by atomic mass is 16.6. The SMILES string of the molecule is CC(C)(C)OC(=O)N[C@H](Cc1ccc(-c2ccccc2)cc1)CC1(C(=O)OC(C)(C)C)CC1. The maximum absolute atomic E-state index is 12.9. The fourth-order valence-electron chi connectivity index (χ4n) is 3.90. The Kier molecular flexibility index (Phi) is 7.20. The van der Waals surface area contributed by atoms with Crippen molar-refractivity contribution < 1.29 is 19.1 Å². The van der Waals surface area contributed by atoms with Gasteiger partial charge in [0.15, 0.2) is 0 Å². The van der Waals surface area contributed by atoms with Crippen molar-refractivity contribution in [2.45, 2.75) is 84.5 Å². The smallest absolute Gasteiger partial charge is 0.407 e. The molecule has 33 heavy (non-hydrogen) atoms. The average Bonchev–Trinajstić information content (AvgIpc) is 3.47. The van der Waals surface area contributed by atoms with Crippen LogP contribution < -0.4 is 5.32 Å². The van der Waals surface area contributed by atoms with Crippen LogP contribution >= 0.6 is 0 Å². The standard InChI is InChI=1S/C28H37NO4/c1-26(2,3)32-24(30)28(16-17-28)19-23(29-25(31)33-27(4,5)6)18-20-12-14-22(15-13-20)21-10-8-7-9-11-21/h7-15,23H,16-19H2,1-6H3,(H,29,31)/t23-/m1/s1. The van der Waals surface area contributed by atoms with Crippen LogP contribution in [0.15, 0.2) is 54.6 Å². The van der Waals surface area contributed by atoms with Gasteiger partial charge in [-0.15, -0.1) is 0 Å². The highest BCUT2D eigenvalue weighted by Gasteiger charge is 2.53. The molecule has 2 aromatic rings. The van der Waals surface area contributed by atoms with Gasteiger partial charge in [-0.2, -0.15) is 0 Å². The van der Waals surface area contributed by atoms with E-state index in [4.69, 9.17) is 9.47 Å². The number of rotatable bonds is 7. The van der Waals surface area contributed by atoms with E-state index >= 15 is 0 Å². The van der Waals surface area contributed by atoms with Crippen LogP contribution in [0.4, 0.5) is 4.79 Å². The Morgan fingerprint density at radius 3 is 1.91 bits per heavy atom. The minimum atomic E-state index is -0.589. The maximum atomic E-state index is 12.9. The number of alkyl carbamates (subject to hydrolysis) is 1. The van der Waals surface area contributed by atoms with Crippen LogP contribution in [0.3, 0.4) is 0 Å². The van der Waals surface area contributed by atoms with Gasteiger partial charge in [0.25, 0.3) is 0 Å². The minimum absolute atomic E-state index is 0.176. The number of hydrogen-bond donors (Lipinski definition) is 1. The number of carbonyl (C=O) groups is 2. The first-order valence-electron chi connectivity index (χ1n) is 11.7.